The van der Waals surface area contributed by atoms with E-state index < -0.39 is 18.5 Å². The molecule has 1 heterocycles. The predicted molar refractivity (Wildman–Crippen MR) is 73.4 cm³/mol. The van der Waals surface area contributed by atoms with E-state index in [0.29, 0.717) is 18.7 Å². The minimum Gasteiger partial charge on any atom is -0.481 e. The summed E-state index contributed by atoms with van der Waals surface area (Å²) in [5.41, 5.74) is 0.649. The van der Waals surface area contributed by atoms with Crippen LogP contribution in [0.15, 0.2) is 24.3 Å². The van der Waals surface area contributed by atoms with Gasteiger partial charge in [-0.2, -0.15) is 8.78 Å². The van der Waals surface area contributed by atoms with Crippen molar-refractivity contribution in [3.05, 3.63) is 29.8 Å². The number of halogens is 2. The Balaban J connectivity index is 2.17. The quantitative estimate of drug-likeness (QED) is 0.908. The molecule has 3 atom stereocenters. The van der Waals surface area contributed by atoms with Gasteiger partial charge in [0.2, 0.25) is 0 Å². The van der Waals surface area contributed by atoms with Gasteiger partial charge >= 0.3 is 12.6 Å². The number of rotatable bonds is 5. The molecule has 0 spiro atoms. The van der Waals surface area contributed by atoms with Crippen LogP contribution in [0.2, 0.25) is 0 Å². The molecule has 0 bridgehead atoms. The smallest absolute Gasteiger partial charge is 0.387 e. The van der Waals surface area contributed by atoms with E-state index >= 15 is 0 Å². The first-order chi connectivity index (χ1) is 9.90. The fourth-order valence-electron chi connectivity index (χ4n) is 2.87. The van der Waals surface area contributed by atoms with Crippen molar-refractivity contribution >= 4 is 5.97 Å². The normalized spacial score (nSPS) is 24.2. The summed E-state index contributed by atoms with van der Waals surface area (Å²) in [7, 11) is 0. The minimum absolute atomic E-state index is 0.0353. The molecule has 0 saturated carbocycles. The molecule has 4 nitrogen and oxygen atoms in total. The molecule has 21 heavy (non-hydrogen) atoms. The van der Waals surface area contributed by atoms with Gasteiger partial charge in [-0.15, -0.1) is 0 Å². The number of ether oxygens (including phenoxy) is 1. The zero-order valence-corrected chi connectivity index (χ0v) is 12.0. The van der Waals surface area contributed by atoms with E-state index in [2.05, 4.69) is 4.74 Å². The second-order valence-corrected chi connectivity index (χ2v) is 5.47. The van der Waals surface area contributed by atoms with Crippen LogP contribution in [0.4, 0.5) is 8.78 Å². The SMILES string of the molecule is CC1CN(C(C)c2ccccc2OC(F)F)CC1C(=O)O. The molecule has 0 amide bonds. The molecular weight excluding hydrogens is 280 g/mol. The van der Waals surface area contributed by atoms with E-state index in [0.717, 1.165) is 0 Å². The Morgan fingerprint density at radius 1 is 1.38 bits per heavy atom. The molecule has 2 rings (SSSR count). The molecule has 1 N–H and O–H groups in total. The summed E-state index contributed by atoms with van der Waals surface area (Å²) >= 11 is 0. The lowest BCUT2D eigenvalue weighted by atomic mass is 9.99. The molecule has 1 aliphatic heterocycles. The third-order valence-electron chi connectivity index (χ3n) is 4.09. The second-order valence-electron chi connectivity index (χ2n) is 5.47. The topological polar surface area (TPSA) is 49.8 Å². The number of nitrogens with zero attached hydrogens (tertiary/aromatic N) is 1. The summed E-state index contributed by atoms with van der Waals surface area (Å²) in [4.78, 5) is 13.2. The second kappa shape index (κ2) is 6.39. The van der Waals surface area contributed by atoms with Crippen molar-refractivity contribution in [3.63, 3.8) is 0 Å². The van der Waals surface area contributed by atoms with Crippen LogP contribution in [0.5, 0.6) is 5.75 Å². The lowest BCUT2D eigenvalue weighted by Gasteiger charge is -2.26. The number of carbonyl (C=O) groups is 1. The number of aliphatic carboxylic acids is 1. The number of likely N-dealkylation sites (tertiary alicyclic amines) is 1. The molecule has 1 aromatic carbocycles. The van der Waals surface area contributed by atoms with Gasteiger partial charge in [0, 0.05) is 24.7 Å². The summed E-state index contributed by atoms with van der Waals surface area (Å²) in [6.45, 7) is 1.95. The molecular formula is C15H19F2NO3. The molecule has 116 valence electrons. The van der Waals surface area contributed by atoms with E-state index in [1.807, 2.05) is 18.7 Å². The highest BCUT2D eigenvalue weighted by molar-refractivity contribution is 5.71. The standard InChI is InChI=1S/C15H19F2NO3/c1-9-7-18(8-12(9)14(19)20)10(2)11-5-3-4-6-13(11)21-15(16)17/h3-6,9-10,12,15H,7-8H2,1-2H3,(H,19,20). The Kier molecular flexibility index (Phi) is 4.77. The van der Waals surface area contributed by atoms with E-state index in [-0.39, 0.29) is 17.7 Å². The van der Waals surface area contributed by atoms with Crippen molar-refractivity contribution in [1.29, 1.82) is 0 Å². The van der Waals surface area contributed by atoms with Gasteiger partial charge in [0.15, 0.2) is 0 Å². The molecule has 0 aromatic heterocycles. The van der Waals surface area contributed by atoms with Crippen LogP contribution in [-0.2, 0) is 4.79 Å². The van der Waals surface area contributed by atoms with Gasteiger partial charge in [0.25, 0.3) is 0 Å². The maximum absolute atomic E-state index is 12.5. The van der Waals surface area contributed by atoms with Crippen molar-refractivity contribution in [3.8, 4) is 5.75 Å². The van der Waals surface area contributed by atoms with Crippen LogP contribution in [0, 0.1) is 11.8 Å². The van der Waals surface area contributed by atoms with E-state index in [4.69, 9.17) is 0 Å². The Morgan fingerprint density at radius 2 is 2.05 bits per heavy atom. The first-order valence-corrected chi connectivity index (χ1v) is 6.90. The maximum atomic E-state index is 12.5. The van der Waals surface area contributed by atoms with Crippen molar-refractivity contribution in [2.24, 2.45) is 11.8 Å². The van der Waals surface area contributed by atoms with E-state index in [1.54, 1.807) is 18.2 Å². The Morgan fingerprint density at radius 3 is 2.62 bits per heavy atom. The number of carboxylic acids is 1. The van der Waals surface area contributed by atoms with Gasteiger partial charge in [-0.3, -0.25) is 9.69 Å². The van der Waals surface area contributed by atoms with Gasteiger partial charge in [0.1, 0.15) is 5.75 Å². The highest BCUT2D eigenvalue weighted by atomic mass is 19.3. The van der Waals surface area contributed by atoms with Crippen molar-refractivity contribution in [2.75, 3.05) is 13.1 Å². The zero-order valence-electron chi connectivity index (χ0n) is 12.0. The number of benzene rings is 1. The van der Waals surface area contributed by atoms with E-state index in [1.165, 1.54) is 6.07 Å². The third-order valence-corrected chi connectivity index (χ3v) is 4.09. The van der Waals surface area contributed by atoms with Crippen LogP contribution in [0.1, 0.15) is 25.5 Å². The molecule has 6 heteroatoms. The molecule has 0 radical (unpaired) electrons. The Bertz CT molecular complexity index is 509. The first kappa shape index (κ1) is 15.7. The number of carboxylic acid groups (broad SMARTS) is 1. The van der Waals surface area contributed by atoms with Crippen molar-refractivity contribution in [2.45, 2.75) is 26.5 Å². The molecule has 1 aromatic rings. The van der Waals surface area contributed by atoms with Crippen LogP contribution in [0.3, 0.4) is 0 Å². The Labute approximate surface area is 122 Å². The first-order valence-electron chi connectivity index (χ1n) is 6.90. The van der Waals surface area contributed by atoms with Crippen molar-refractivity contribution in [1.82, 2.24) is 4.90 Å². The average Bonchev–Trinajstić information content (AvgIpc) is 2.80. The van der Waals surface area contributed by atoms with Crippen LogP contribution in [0.25, 0.3) is 0 Å². The molecule has 1 fully saturated rings. The average molecular weight is 299 g/mol. The van der Waals surface area contributed by atoms with Gasteiger partial charge in [-0.25, -0.2) is 0 Å². The highest BCUT2D eigenvalue weighted by Gasteiger charge is 2.37. The van der Waals surface area contributed by atoms with Gasteiger partial charge in [-0.1, -0.05) is 25.1 Å². The summed E-state index contributed by atoms with van der Waals surface area (Å²) in [6, 6.07) is 6.47. The van der Waals surface area contributed by atoms with Crippen LogP contribution < -0.4 is 4.74 Å². The largest absolute Gasteiger partial charge is 0.481 e. The maximum Gasteiger partial charge on any atom is 0.387 e. The lowest BCUT2D eigenvalue weighted by Crippen LogP contribution is -2.26. The summed E-state index contributed by atoms with van der Waals surface area (Å²) in [6.07, 6.45) is 0. The van der Waals surface area contributed by atoms with Gasteiger partial charge in [-0.05, 0) is 18.9 Å². The molecule has 3 unspecified atom stereocenters. The third kappa shape index (κ3) is 3.50. The van der Waals surface area contributed by atoms with Gasteiger partial charge in [0.05, 0.1) is 5.92 Å². The van der Waals surface area contributed by atoms with Crippen molar-refractivity contribution < 1.29 is 23.4 Å². The number of para-hydroxylation sites is 1. The molecule has 1 aliphatic rings. The monoisotopic (exact) mass is 299 g/mol. The summed E-state index contributed by atoms with van der Waals surface area (Å²) in [5.74, 6) is -1.05. The number of hydrogen-bond acceptors (Lipinski definition) is 3. The van der Waals surface area contributed by atoms with Crippen LogP contribution in [-0.4, -0.2) is 35.7 Å². The zero-order chi connectivity index (χ0) is 15.6. The fraction of sp³-hybridized carbons (Fsp3) is 0.533. The molecule has 0 aliphatic carbocycles. The highest BCUT2D eigenvalue weighted by Crippen LogP contribution is 2.35. The Hall–Kier alpha value is -1.69. The fourth-order valence-corrected chi connectivity index (χ4v) is 2.87. The predicted octanol–water partition coefficient (Wildman–Crippen LogP) is 3.00. The summed E-state index contributed by atoms with van der Waals surface area (Å²) in [5, 5.41) is 9.18. The lowest BCUT2D eigenvalue weighted by molar-refractivity contribution is -0.142. The summed E-state index contributed by atoms with van der Waals surface area (Å²) < 4.78 is 29.5. The van der Waals surface area contributed by atoms with Crippen LogP contribution >= 0.6 is 0 Å². The minimum atomic E-state index is -2.87. The van der Waals surface area contributed by atoms with E-state index in [9.17, 15) is 18.7 Å². The number of alkyl halides is 2. The number of hydrogen-bond donors (Lipinski definition) is 1. The molecule has 1 saturated heterocycles. The van der Waals surface area contributed by atoms with Gasteiger partial charge < -0.3 is 9.84 Å².